The first-order valence-corrected chi connectivity index (χ1v) is 7.98. The van der Waals surface area contributed by atoms with E-state index in [2.05, 4.69) is 22.9 Å². The molecule has 0 spiro atoms. The Hall–Kier alpha value is -1.78. The van der Waals surface area contributed by atoms with Gasteiger partial charge in [-0.3, -0.25) is 0 Å². The molecule has 0 unspecified atom stereocenters. The van der Waals surface area contributed by atoms with Gasteiger partial charge in [-0.25, -0.2) is 9.78 Å². The molecular formula is C17H27N3O2. The lowest BCUT2D eigenvalue weighted by molar-refractivity contribution is 0.0224. The largest absolute Gasteiger partial charge is 0.444 e. The van der Waals surface area contributed by atoms with Crippen LogP contribution in [0.4, 0.5) is 10.6 Å². The molecule has 0 radical (unpaired) electrons. The molecule has 1 aromatic heterocycles. The van der Waals surface area contributed by atoms with Crippen molar-refractivity contribution in [3.63, 3.8) is 0 Å². The number of likely N-dealkylation sites (tertiary alicyclic amines) is 1. The van der Waals surface area contributed by atoms with E-state index in [4.69, 9.17) is 4.74 Å². The number of hydrogen-bond acceptors (Lipinski definition) is 4. The van der Waals surface area contributed by atoms with E-state index in [-0.39, 0.29) is 12.1 Å². The van der Waals surface area contributed by atoms with Gasteiger partial charge in [0.15, 0.2) is 0 Å². The number of aromatic nitrogens is 1. The molecule has 5 heteroatoms. The normalized spacial score (nSPS) is 18.4. The van der Waals surface area contributed by atoms with Crippen LogP contribution >= 0.6 is 0 Å². The summed E-state index contributed by atoms with van der Waals surface area (Å²) in [5, 5.41) is 0. The zero-order valence-electron chi connectivity index (χ0n) is 14.3. The van der Waals surface area contributed by atoms with Gasteiger partial charge in [0.1, 0.15) is 11.4 Å². The first-order valence-electron chi connectivity index (χ1n) is 7.98. The van der Waals surface area contributed by atoms with E-state index in [1.165, 1.54) is 0 Å². The second-order valence-corrected chi connectivity index (χ2v) is 6.80. The van der Waals surface area contributed by atoms with Crippen LogP contribution < -0.4 is 4.90 Å². The molecule has 122 valence electrons. The van der Waals surface area contributed by atoms with Crippen molar-refractivity contribution < 1.29 is 9.53 Å². The van der Waals surface area contributed by atoms with Crippen molar-refractivity contribution in [2.45, 2.75) is 52.2 Å². The fraction of sp³-hybridized carbons (Fsp3) is 0.647. The Morgan fingerprint density at radius 2 is 2.18 bits per heavy atom. The summed E-state index contributed by atoms with van der Waals surface area (Å²) in [7, 11) is 2.02. The molecule has 1 atom stereocenters. The summed E-state index contributed by atoms with van der Waals surface area (Å²) >= 11 is 0. The van der Waals surface area contributed by atoms with Crippen LogP contribution in [0.2, 0.25) is 0 Å². The third-order valence-electron chi connectivity index (χ3n) is 3.90. The molecular weight excluding hydrogens is 278 g/mol. The summed E-state index contributed by atoms with van der Waals surface area (Å²) in [5.41, 5.74) is 0.618. The van der Waals surface area contributed by atoms with Crippen LogP contribution in [-0.4, -0.2) is 41.7 Å². The summed E-state index contributed by atoms with van der Waals surface area (Å²) in [6.07, 6.45) is 3.61. The van der Waals surface area contributed by atoms with Gasteiger partial charge in [0.05, 0.1) is 6.04 Å². The first kappa shape index (κ1) is 16.6. The van der Waals surface area contributed by atoms with E-state index in [1.807, 2.05) is 45.0 Å². The van der Waals surface area contributed by atoms with Crippen LogP contribution in [0.3, 0.4) is 0 Å². The van der Waals surface area contributed by atoms with Crippen LogP contribution in [0.5, 0.6) is 0 Å². The number of pyridine rings is 1. The number of nitrogens with zero attached hydrogens (tertiary/aromatic N) is 3. The molecule has 1 aromatic rings. The van der Waals surface area contributed by atoms with E-state index < -0.39 is 5.60 Å². The highest BCUT2D eigenvalue weighted by molar-refractivity contribution is 5.69. The Labute approximate surface area is 133 Å². The minimum atomic E-state index is -0.462. The van der Waals surface area contributed by atoms with Gasteiger partial charge in [-0.1, -0.05) is 6.07 Å². The molecule has 1 amide bonds. The van der Waals surface area contributed by atoms with Gasteiger partial charge < -0.3 is 14.5 Å². The standard InChI is InChI=1S/C17H27N3O2/c1-6-19(5)15-10-9-13(12-18-15)14-8-7-11-20(14)16(21)22-17(2,3)4/h9-10,12,14H,6-8,11H2,1-5H3/t14-/m1/s1. The number of amides is 1. The number of carbonyl (C=O) groups is 1. The summed E-state index contributed by atoms with van der Waals surface area (Å²) in [6, 6.07) is 4.16. The molecule has 2 heterocycles. The minimum absolute atomic E-state index is 0.0725. The zero-order valence-corrected chi connectivity index (χ0v) is 14.3. The third-order valence-corrected chi connectivity index (χ3v) is 3.90. The van der Waals surface area contributed by atoms with Crippen molar-refractivity contribution in [2.75, 3.05) is 25.0 Å². The number of carbonyl (C=O) groups excluding carboxylic acids is 1. The molecule has 0 saturated carbocycles. The number of ether oxygens (including phenoxy) is 1. The molecule has 1 aliphatic rings. The van der Waals surface area contributed by atoms with E-state index in [9.17, 15) is 4.79 Å². The number of rotatable bonds is 3. The Bertz CT molecular complexity index is 508. The smallest absolute Gasteiger partial charge is 0.410 e. The van der Waals surface area contributed by atoms with E-state index in [0.717, 1.165) is 37.3 Å². The molecule has 1 aliphatic heterocycles. The molecule has 0 aromatic carbocycles. The highest BCUT2D eigenvalue weighted by atomic mass is 16.6. The van der Waals surface area contributed by atoms with Gasteiger partial charge in [0.2, 0.25) is 0 Å². The van der Waals surface area contributed by atoms with Crippen LogP contribution in [0.25, 0.3) is 0 Å². The molecule has 22 heavy (non-hydrogen) atoms. The third kappa shape index (κ3) is 3.90. The molecule has 0 N–H and O–H groups in total. The number of anilines is 1. The SMILES string of the molecule is CCN(C)c1ccc([C@H]2CCCN2C(=O)OC(C)(C)C)cn1. The van der Waals surface area contributed by atoms with Gasteiger partial charge in [0.25, 0.3) is 0 Å². The summed E-state index contributed by atoms with van der Waals surface area (Å²) in [6.45, 7) is 9.44. The molecule has 5 nitrogen and oxygen atoms in total. The lowest BCUT2D eigenvalue weighted by Crippen LogP contribution is -2.36. The second kappa shape index (κ2) is 6.55. The van der Waals surface area contributed by atoms with Crippen molar-refractivity contribution in [1.29, 1.82) is 0 Å². The minimum Gasteiger partial charge on any atom is -0.444 e. The van der Waals surface area contributed by atoms with E-state index in [1.54, 1.807) is 0 Å². The molecule has 1 saturated heterocycles. The highest BCUT2D eigenvalue weighted by Crippen LogP contribution is 2.33. The Balaban J connectivity index is 2.12. The summed E-state index contributed by atoms with van der Waals surface area (Å²) in [5.74, 6) is 0.952. The summed E-state index contributed by atoms with van der Waals surface area (Å²) < 4.78 is 5.51. The van der Waals surface area contributed by atoms with Gasteiger partial charge in [-0.05, 0) is 52.2 Å². The lowest BCUT2D eigenvalue weighted by atomic mass is 10.1. The second-order valence-electron chi connectivity index (χ2n) is 6.80. The maximum Gasteiger partial charge on any atom is 0.410 e. The molecule has 0 bridgehead atoms. The molecule has 0 aliphatic carbocycles. The van der Waals surface area contributed by atoms with Gasteiger partial charge in [-0.15, -0.1) is 0 Å². The van der Waals surface area contributed by atoms with Crippen molar-refractivity contribution in [1.82, 2.24) is 9.88 Å². The predicted molar refractivity (Wildman–Crippen MR) is 88.1 cm³/mol. The Kier molecular flexibility index (Phi) is 4.94. The van der Waals surface area contributed by atoms with Crippen LogP contribution in [-0.2, 0) is 4.74 Å². The van der Waals surface area contributed by atoms with Crippen molar-refractivity contribution in [2.24, 2.45) is 0 Å². The van der Waals surface area contributed by atoms with Crippen molar-refractivity contribution in [3.05, 3.63) is 23.9 Å². The van der Waals surface area contributed by atoms with Gasteiger partial charge >= 0.3 is 6.09 Å². The predicted octanol–water partition coefficient (Wildman–Crippen LogP) is 3.61. The van der Waals surface area contributed by atoms with Crippen LogP contribution in [0.15, 0.2) is 18.3 Å². The van der Waals surface area contributed by atoms with E-state index in [0.29, 0.717) is 0 Å². The monoisotopic (exact) mass is 305 g/mol. The average molecular weight is 305 g/mol. The molecule has 1 fully saturated rings. The zero-order chi connectivity index (χ0) is 16.3. The van der Waals surface area contributed by atoms with E-state index >= 15 is 0 Å². The first-order chi connectivity index (χ1) is 10.3. The van der Waals surface area contributed by atoms with Crippen LogP contribution in [0.1, 0.15) is 52.1 Å². The number of hydrogen-bond donors (Lipinski definition) is 0. The summed E-state index contributed by atoms with van der Waals surface area (Å²) in [4.78, 5) is 20.8. The van der Waals surface area contributed by atoms with Crippen molar-refractivity contribution in [3.8, 4) is 0 Å². The average Bonchev–Trinajstić information content (AvgIpc) is 2.94. The maximum absolute atomic E-state index is 12.3. The topological polar surface area (TPSA) is 45.7 Å². The quantitative estimate of drug-likeness (QED) is 0.856. The fourth-order valence-corrected chi connectivity index (χ4v) is 2.63. The van der Waals surface area contributed by atoms with Gasteiger partial charge in [0, 0.05) is 26.3 Å². The van der Waals surface area contributed by atoms with Crippen molar-refractivity contribution >= 4 is 11.9 Å². The Morgan fingerprint density at radius 1 is 1.45 bits per heavy atom. The fourth-order valence-electron chi connectivity index (χ4n) is 2.63. The highest BCUT2D eigenvalue weighted by Gasteiger charge is 2.33. The Morgan fingerprint density at radius 3 is 2.73 bits per heavy atom. The van der Waals surface area contributed by atoms with Gasteiger partial charge in [-0.2, -0.15) is 0 Å². The molecule has 2 rings (SSSR count). The lowest BCUT2D eigenvalue weighted by Gasteiger charge is -2.29. The maximum atomic E-state index is 12.3. The van der Waals surface area contributed by atoms with Crippen LogP contribution in [0, 0.1) is 0 Å².